The molecule has 0 unspecified atom stereocenters. The van der Waals surface area contributed by atoms with Crippen LogP contribution in [0.5, 0.6) is 0 Å². The second-order valence-electron chi connectivity index (χ2n) is 12.1. The molecule has 234 valence electrons. The highest BCUT2D eigenvalue weighted by Crippen LogP contribution is 2.42. The zero-order chi connectivity index (χ0) is 37.4. The van der Waals surface area contributed by atoms with Crippen molar-refractivity contribution in [1.29, 1.82) is 0 Å². The molecule has 3 aromatic heterocycles. The van der Waals surface area contributed by atoms with Gasteiger partial charge < -0.3 is 4.57 Å². The van der Waals surface area contributed by atoms with Gasteiger partial charge in [-0.3, -0.25) is 4.57 Å². The Morgan fingerprint density at radius 3 is 1.64 bits per heavy atom. The maximum absolute atomic E-state index is 8.89. The third-order valence-electron chi connectivity index (χ3n) is 9.29. The van der Waals surface area contributed by atoms with Crippen LogP contribution in [0.25, 0.3) is 89.2 Å². The first-order valence-electron chi connectivity index (χ1n) is 18.9. The molecule has 0 aliphatic carbocycles. The van der Waals surface area contributed by atoms with Crippen molar-refractivity contribution in [3.05, 3.63) is 176 Å². The predicted molar refractivity (Wildman–Crippen MR) is 205 cm³/mol. The van der Waals surface area contributed by atoms with Crippen LogP contribution in [0, 0.1) is 0 Å². The van der Waals surface area contributed by atoms with Gasteiger partial charge in [0.25, 0.3) is 0 Å². The Balaban J connectivity index is 1.33. The molecule has 7 aromatic carbocycles. The number of hydrogen-bond acceptors (Lipinski definition) is 3. The summed E-state index contributed by atoms with van der Waals surface area (Å²) in [6, 6.07) is 46.6. The third kappa shape index (κ3) is 4.37. The number of aromatic nitrogens is 5. The van der Waals surface area contributed by atoms with Crippen molar-refractivity contribution < 1.29 is 6.85 Å². The molecule has 50 heavy (non-hydrogen) atoms. The second kappa shape index (κ2) is 11.4. The first kappa shape index (κ1) is 23.5. The van der Waals surface area contributed by atoms with Crippen molar-refractivity contribution in [1.82, 2.24) is 24.1 Å². The number of rotatable bonds is 5. The van der Waals surface area contributed by atoms with Crippen LogP contribution < -0.4 is 0 Å². The molecule has 0 spiro atoms. The van der Waals surface area contributed by atoms with E-state index in [0.717, 1.165) is 60.4 Å². The Labute approximate surface area is 295 Å². The SMILES string of the molecule is [2H]c1c([2H])c([2H])c(-c2nc(-c3ccccc3-c3ccccc3)nc(-n3c4ccccc4c4c5c6ccccc6n(-c6ccccc6)c5ccc43)n2)c([2H])c1[2H]. The van der Waals surface area contributed by atoms with Gasteiger partial charge in [-0.15, -0.1) is 0 Å². The van der Waals surface area contributed by atoms with Gasteiger partial charge in [0.05, 0.1) is 28.9 Å². The van der Waals surface area contributed by atoms with Gasteiger partial charge in [0.15, 0.2) is 11.6 Å². The van der Waals surface area contributed by atoms with Crippen LogP contribution in [0.4, 0.5) is 0 Å². The lowest BCUT2D eigenvalue weighted by Crippen LogP contribution is -2.06. The highest BCUT2D eigenvalue weighted by atomic mass is 15.2. The highest BCUT2D eigenvalue weighted by Gasteiger charge is 2.23. The van der Waals surface area contributed by atoms with Crippen molar-refractivity contribution in [3.63, 3.8) is 0 Å². The lowest BCUT2D eigenvalue weighted by Gasteiger charge is -2.13. The van der Waals surface area contributed by atoms with Crippen LogP contribution in [0.15, 0.2) is 176 Å². The van der Waals surface area contributed by atoms with E-state index in [1.54, 1.807) is 0 Å². The molecule has 0 N–H and O–H groups in total. The Morgan fingerprint density at radius 2 is 0.940 bits per heavy atom. The summed E-state index contributed by atoms with van der Waals surface area (Å²) in [5.74, 6) is 0.540. The van der Waals surface area contributed by atoms with E-state index in [-0.39, 0.29) is 29.4 Å². The van der Waals surface area contributed by atoms with Crippen LogP contribution in [0.1, 0.15) is 6.85 Å². The van der Waals surface area contributed by atoms with E-state index in [0.29, 0.717) is 11.4 Å². The zero-order valence-corrected chi connectivity index (χ0v) is 26.6. The van der Waals surface area contributed by atoms with Crippen molar-refractivity contribution in [3.8, 4) is 45.5 Å². The molecular weight excluding hydrogens is 611 g/mol. The molecule has 5 heteroatoms. The standard InChI is InChI=1S/C45H29N5/c1-4-16-30(17-5-1)33-22-10-11-23-34(33)44-46-43(31-18-6-2-7-19-31)47-45(48-44)50-38-27-15-13-25-36(38)42-40(50)29-28-39-41(42)35-24-12-14-26-37(35)49(39)32-20-8-3-9-21-32/h1-29H/i2D,6D,7D,18D,19D. The van der Waals surface area contributed by atoms with E-state index in [1.807, 2.05) is 95.6 Å². The van der Waals surface area contributed by atoms with Gasteiger partial charge in [-0.2, -0.15) is 9.97 Å². The van der Waals surface area contributed by atoms with E-state index in [2.05, 4.69) is 59.2 Å². The van der Waals surface area contributed by atoms with Crippen molar-refractivity contribution >= 4 is 43.6 Å². The van der Waals surface area contributed by atoms with Crippen molar-refractivity contribution in [2.24, 2.45) is 0 Å². The summed E-state index contributed by atoms with van der Waals surface area (Å²) in [7, 11) is 0. The average molecular weight is 645 g/mol. The first-order chi connectivity index (χ1) is 26.9. The fourth-order valence-corrected chi connectivity index (χ4v) is 7.20. The highest BCUT2D eigenvalue weighted by molar-refractivity contribution is 6.28. The molecule has 0 aliphatic rings. The van der Waals surface area contributed by atoms with Crippen LogP contribution >= 0.6 is 0 Å². The fraction of sp³-hybridized carbons (Fsp3) is 0. The molecule has 10 aromatic rings. The molecule has 10 rings (SSSR count). The van der Waals surface area contributed by atoms with E-state index >= 15 is 0 Å². The van der Waals surface area contributed by atoms with Crippen LogP contribution in [-0.2, 0) is 0 Å². The molecule has 5 nitrogen and oxygen atoms in total. The fourth-order valence-electron chi connectivity index (χ4n) is 7.20. The number of para-hydroxylation sites is 3. The molecule has 0 saturated carbocycles. The number of nitrogens with zero attached hydrogens (tertiary/aromatic N) is 5. The second-order valence-corrected chi connectivity index (χ2v) is 12.1. The normalized spacial score (nSPS) is 13.0. The Hall–Kier alpha value is -6.85. The van der Waals surface area contributed by atoms with Crippen LogP contribution in [-0.4, -0.2) is 24.1 Å². The molecule has 3 heterocycles. The van der Waals surface area contributed by atoms with Crippen LogP contribution in [0.2, 0.25) is 0 Å². The Bertz CT molecular complexity index is 3130. The first-order valence-corrected chi connectivity index (χ1v) is 16.4. The van der Waals surface area contributed by atoms with Crippen LogP contribution in [0.3, 0.4) is 0 Å². The monoisotopic (exact) mass is 644 g/mol. The number of fused-ring (bicyclic) bond motifs is 7. The van der Waals surface area contributed by atoms with E-state index < -0.39 is 18.1 Å². The zero-order valence-electron chi connectivity index (χ0n) is 31.6. The number of hydrogen-bond donors (Lipinski definition) is 0. The van der Waals surface area contributed by atoms with Crippen molar-refractivity contribution in [2.75, 3.05) is 0 Å². The van der Waals surface area contributed by atoms with E-state index in [4.69, 9.17) is 21.8 Å². The van der Waals surface area contributed by atoms with Gasteiger partial charge in [0.2, 0.25) is 5.95 Å². The summed E-state index contributed by atoms with van der Waals surface area (Å²) in [6.07, 6.45) is 0. The molecular formula is C45H29N5. The summed E-state index contributed by atoms with van der Waals surface area (Å²) < 4.78 is 47.3. The molecule has 0 saturated heterocycles. The Morgan fingerprint density at radius 1 is 0.400 bits per heavy atom. The van der Waals surface area contributed by atoms with E-state index in [9.17, 15) is 0 Å². The molecule has 0 radical (unpaired) electrons. The molecule has 0 amide bonds. The summed E-state index contributed by atoms with van der Waals surface area (Å²) in [4.78, 5) is 15.0. The average Bonchev–Trinajstić information content (AvgIpc) is 3.76. The largest absolute Gasteiger partial charge is 0.309 e. The number of benzene rings is 7. The smallest absolute Gasteiger partial charge is 0.238 e. The summed E-state index contributed by atoms with van der Waals surface area (Å²) in [5.41, 5.74) is 7.34. The minimum absolute atomic E-state index is 0.0208. The maximum atomic E-state index is 8.89. The van der Waals surface area contributed by atoms with Gasteiger partial charge in [0.1, 0.15) is 0 Å². The van der Waals surface area contributed by atoms with Gasteiger partial charge in [-0.1, -0.05) is 139 Å². The minimum Gasteiger partial charge on any atom is -0.309 e. The van der Waals surface area contributed by atoms with E-state index in [1.165, 1.54) is 0 Å². The Kier molecular flexibility index (Phi) is 5.35. The minimum atomic E-state index is -0.483. The summed E-state index contributed by atoms with van der Waals surface area (Å²) >= 11 is 0. The van der Waals surface area contributed by atoms with Gasteiger partial charge in [-0.05, 0) is 47.5 Å². The lowest BCUT2D eigenvalue weighted by atomic mass is 9.99. The van der Waals surface area contributed by atoms with Gasteiger partial charge in [-0.25, -0.2) is 4.98 Å². The maximum Gasteiger partial charge on any atom is 0.238 e. The third-order valence-corrected chi connectivity index (χ3v) is 9.29. The van der Waals surface area contributed by atoms with Gasteiger partial charge in [0, 0.05) is 38.4 Å². The predicted octanol–water partition coefficient (Wildman–Crippen LogP) is 11.1. The molecule has 0 aliphatic heterocycles. The summed E-state index contributed by atoms with van der Waals surface area (Å²) in [5, 5.41) is 4.20. The summed E-state index contributed by atoms with van der Waals surface area (Å²) in [6.45, 7) is 0. The molecule has 0 atom stereocenters. The topological polar surface area (TPSA) is 48.5 Å². The molecule has 0 fully saturated rings. The quantitative estimate of drug-likeness (QED) is 0.187. The van der Waals surface area contributed by atoms with Crippen molar-refractivity contribution in [2.45, 2.75) is 0 Å². The lowest BCUT2D eigenvalue weighted by molar-refractivity contribution is 0.954. The molecule has 0 bridgehead atoms. The van der Waals surface area contributed by atoms with Gasteiger partial charge >= 0.3 is 0 Å².